The van der Waals surface area contributed by atoms with Crippen LogP contribution in [0, 0.1) is 11.8 Å². The highest BCUT2D eigenvalue weighted by Crippen LogP contribution is 2.46. The minimum Gasteiger partial charge on any atom is -0.491 e. The van der Waals surface area contributed by atoms with Gasteiger partial charge in [-0.05, 0) is 54.5 Å². The van der Waals surface area contributed by atoms with E-state index in [2.05, 4.69) is 0 Å². The molecule has 3 aromatic carbocycles. The third kappa shape index (κ3) is 6.13. The first kappa shape index (κ1) is 29.1. The van der Waals surface area contributed by atoms with Crippen LogP contribution < -0.4 is 4.74 Å². The Morgan fingerprint density at radius 2 is 0.950 bits per heavy atom. The van der Waals surface area contributed by atoms with Gasteiger partial charge < -0.3 is 10.2 Å². The molecule has 0 atom stereocenters. The molecule has 0 amide bonds. The first-order valence-electron chi connectivity index (χ1n) is 13.8. The molecule has 0 spiro atoms. The Balaban J connectivity index is 0.00000370. The van der Waals surface area contributed by atoms with Crippen molar-refractivity contribution < 1.29 is 29.4 Å². The van der Waals surface area contributed by atoms with Crippen LogP contribution in [0.3, 0.4) is 0 Å². The first-order valence-corrected chi connectivity index (χ1v) is 13.8. The summed E-state index contributed by atoms with van der Waals surface area (Å²) in [5.41, 5.74) is 2.57. The lowest BCUT2D eigenvalue weighted by atomic mass is 9.62. The van der Waals surface area contributed by atoms with Crippen molar-refractivity contribution in [1.82, 2.24) is 0 Å². The minimum atomic E-state index is -1.02. The maximum Gasteiger partial charge on any atom is 0.144 e. The van der Waals surface area contributed by atoms with Crippen LogP contribution in [0.25, 0.3) is 0 Å². The van der Waals surface area contributed by atoms with Crippen LogP contribution >= 0.6 is 0 Å². The summed E-state index contributed by atoms with van der Waals surface area (Å²) in [6.07, 6.45) is 0.848. The molecule has 208 valence electrons. The van der Waals surface area contributed by atoms with Crippen LogP contribution in [0.4, 0.5) is 0 Å². The summed E-state index contributed by atoms with van der Waals surface area (Å²) in [7, 11) is 0. The lowest BCUT2D eigenvalue weighted by Crippen LogP contribution is -2.45. The van der Waals surface area contributed by atoms with Gasteiger partial charge in [-0.3, -0.25) is 19.2 Å². The maximum atomic E-state index is 13.7. The number of rotatable bonds is 7. The van der Waals surface area contributed by atoms with Gasteiger partial charge in [0.1, 0.15) is 28.9 Å². The fourth-order valence-electron chi connectivity index (χ4n) is 6.32. The molecule has 6 nitrogen and oxygen atoms in total. The Labute approximate surface area is 235 Å². The van der Waals surface area contributed by atoms with E-state index >= 15 is 0 Å². The third-order valence-corrected chi connectivity index (χ3v) is 8.07. The zero-order valence-electron chi connectivity index (χ0n) is 22.9. The quantitative estimate of drug-likeness (QED) is 0.373. The van der Waals surface area contributed by atoms with Crippen LogP contribution in [0.1, 0.15) is 74.0 Å². The van der Waals surface area contributed by atoms with Crippen LogP contribution in [0.2, 0.25) is 0 Å². The number of hydrogen-bond acceptors (Lipinski definition) is 5. The molecular formula is C34H36O6. The number of Topliss-reactive ketones (excluding diaryl/α,β-unsaturated/α-hetero) is 4. The van der Waals surface area contributed by atoms with Gasteiger partial charge in [-0.1, -0.05) is 72.8 Å². The SMILES string of the molecule is CC(C)Oc1ccc(C(C2C(=O)CC(c3ccccc3)CC2=O)C2C(=O)CC(c3ccccc3)CC2=O)cc1.O. The van der Waals surface area contributed by atoms with Crippen molar-refractivity contribution in [3.05, 3.63) is 102 Å². The molecule has 6 heteroatoms. The van der Waals surface area contributed by atoms with E-state index in [1.54, 1.807) is 24.3 Å². The maximum absolute atomic E-state index is 13.7. The largest absolute Gasteiger partial charge is 0.491 e. The van der Waals surface area contributed by atoms with Crippen molar-refractivity contribution in [2.24, 2.45) is 11.8 Å². The van der Waals surface area contributed by atoms with Crippen molar-refractivity contribution in [3.63, 3.8) is 0 Å². The van der Waals surface area contributed by atoms with E-state index in [0.717, 1.165) is 11.1 Å². The molecule has 2 saturated carbocycles. The van der Waals surface area contributed by atoms with Gasteiger partial charge in [0.05, 0.1) is 17.9 Å². The number of carbonyl (C=O) groups is 4. The molecule has 0 aliphatic heterocycles. The summed E-state index contributed by atoms with van der Waals surface area (Å²) >= 11 is 0. The van der Waals surface area contributed by atoms with E-state index < -0.39 is 17.8 Å². The molecule has 2 aliphatic rings. The molecule has 40 heavy (non-hydrogen) atoms. The average molecular weight is 541 g/mol. The zero-order chi connectivity index (χ0) is 27.5. The molecule has 2 fully saturated rings. The molecule has 5 rings (SSSR count). The summed E-state index contributed by atoms with van der Waals surface area (Å²) in [4.78, 5) is 54.8. The Kier molecular flexibility index (Phi) is 9.10. The molecule has 2 N–H and O–H groups in total. The highest BCUT2D eigenvalue weighted by atomic mass is 16.5. The zero-order valence-corrected chi connectivity index (χ0v) is 22.9. The van der Waals surface area contributed by atoms with Crippen molar-refractivity contribution >= 4 is 23.1 Å². The molecule has 0 bridgehead atoms. The second-order valence-corrected chi connectivity index (χ2v) is 11.1. The van der Waals surface area contributed by atoms with Crippen LogP contribution in [0.5, 0.6) is 5.75 Å². The highest BCUT2D eigenvalue weighted by Gasteiger charge is 2.50. The number of carbonyl (C=O) groups excluding carboxylic acids is 4. The Morgan fingerprint density at radius 1 is 0.575 bits per heavy atom. The van der Waals surface area contributed by atoms with E-state index in [9.17, 15) is 19.2 Å². The lowest BCUT2D eigenvalue weighted by Gasteiger charge is -2.38. The van der Waals surface area contributed by atoms with Crippen molar-refractivity contribution in [1.29, 1.82) is 0 Å². The molecule has 0 radical (unpaired) electrons. The second-order valence-electron chi connectivity index (χ2n) is 11.1. The van der Waals surface area contributed by atoms with Crippen molar-refractivity contribution in [2.45, 2.75) is 63.4 Å². The van der Waals surface area contributed by atoms with E-state index in [0.29, 0.717) is 11.3 Å². The molecular weight excluding hydrogens is 504 g/mol. The Bertz CT molecular complexity index is 1230. The Hall–Kier alpha value is -3.90. The smallest absolute Gasteiger partial charge is 0.144 e. The molecule has 0 heterocycles. The lowest BCUT2D eigenvalue weighted by molar-refractivity contribution is -0.142. The van der Waals surface area contributed by atoms with E-state index in [4.69, 9.17) is 4.74 Å². The van der Waals surface area contributed by atoms with Gasteiger partial charge in [0.15, 0.2) is 0 Å². The third-order valence-electron chi connectivity index (χ3n) is 8.07. The van der Waals surface area contributed by atoms with E-state index in [-0.39, 0.29) is 72.2 Å². The normalized spacial score (nSPS) is 24.0. The second kappa shape index (κ2) is 12.5. The van der Waals surface area contributed by atoms with Gasteiger partial charge in [-0.2, -0.15) is 0 Å². The fourth-order valence-corrected chi connectivity index (χ4v) is 6.32. The standard InChI is InChI=1S/C34H34O5.H2O/c1-21(2)39-27-15-13-24(14-16-27)32(33-28(35)17-25(18-29(33)36)22-9-5-3-6-10-22)34-30(37)19-26(20-31(34)38)23-11-7-4-8-12-23;/h3-16,21,25-26,32-34H,17-20H2,1-2H3;1H2. The highest BCUT2D eigenvalue weighted by molar-refractivity contribution is 6.11. The van der Waals surface area contributed by atoms with Crippen molar-refractivity contribution in [3.8, 4) is 5.75 Å². The summed E-state index contributed by atoms with van der Waals surface area (Å²) in [5, 5.41) is 0. The number of benzene rings is 3. The average Bonchev–Trinajstić information content (AvgIpc) is 2.92. The van der Waals surface area contributed by atoms with E-state index in [1.165, 1.54) is 0 Å². The number of hydrogen-bond donors (Lipinski definition) is 0. The molecule has 2 aliphatic carbocycles. The van der Waals surface area contributed by atoms with Gasteiger partial charge in [0.25, 0.3) is 0 Å². The van der Waals surface area contributed by atoms with Gasteiger partial charge in [-0.15, -0.1) is 0 Å². The van der Waals surface area contributed by atoms with Crippen molar-refractivity contribution in [2.75, 3.05) is 0 Å². The minimum absolute atomic E-state index is 0. The van der Waals surface area contributed by atoms with E-state index in [1.807, 2.05) is 74.5 Å². The van der Waals surface area contributed by atoms with Crippen LogP contribution in [0.15, 0.2) is 84.9 Å². The van der Waals surface area contributed by atoms with Gasteiger partial charge in [0, 0.05) is 31.6 Å². The number of ketones is 4. The topological polar surface area (TPSA) is 109 Å². The monoisotopic (exact) mass is 540 g/mol. The van der Waals surface area contributed by atoms with Gasteiger partial charge in [0.2, 0.25) is 0 Å². The predicted octanol–water partition coefficient (Wildman–Crippen LogP) is 5.40. The Morgan fingerprint density at radius 3 is 1.30 bits per heavy atom. The summed E-state index contributed by atoms with van der Waals surface area (Å²) in [6.45, 7) is 3.86. The van der Waals surface area contributed by atoms with Crippen LogP contribution in [-0.2, 0) is 19.2 Å². The fraction of sp³-hybridized carbons (Fsp3) is 0.353. The molecule has 0 aromatic heterocycles. The summed E-state index contributed by atoms with van der Waals surface area (Å²) in [5.74, 6) is -3.36. The summed E-state index contributed by atoms with van der Waals surface area (Å²) < 4.78 is 5.78. The van der Waals surface area contributed by atoms with Gasteiger partial charge >= 0.3 is 0 Å². The van der Waals surface area contributed by atoms with Crippen LogP contribution in [-0.4, -0.2) is 34.7 Å². The summed E-state index contributed by atoms with van der Waals surface area (Å²) in [6, 6.07) is 26.4. The molecule has 3 aromatic rings. The van der Waals surface area contributed by atoms with Gasteiger partial charge in [-0.25, -0.2) is 0 Å². The predicted molar refractivity (Wildman–Crippen MR) is 152 cm³/mol. The number of ether oxygens (including phenoxy) is 1. The first-order chi connectivity index (χ1) is 18.8. The molecule has 0 saturated heterocycles. The molecule has 0 unspecified atom stereocenters.